The van der Waals surface area contributed by atoms with Crippen molar-refractivity contribution in [3.8, 4) is 0 Å². The van der Waals surface area contributed by atoms with Crippen LogP contribution in [-0.4, -0.2) is 29.7 Å². The molecule has 0 amide bonds. The number of hydrogen-bond acceptors (Lipinski definition) is 4. The second-order valence-electron chi connectivity index (χ2n) is 6.67. The minimum atomic E-state index is -5.21. The van der Waals surface area contributed by atoms with Gasteiger partial charge in [0.1, 0.15) is 12.0 Å². The first-order valence-corrected chi connectivity index (χ1v) is 9.30. The molecule has 0 aliphatic carbocycles. The number of esters is 2. The molecule has 0 fully saturated rings. The molecule has 1 heterocycles. The van der Waals surface area contributed by atoms with E-state index in [1.807, 2.05) is 0 Å². The summed E-state index contributed by atoms with van der Waals surface area (Å²) in [6, 6.07) is 14.9. The van der Waals surface area contributed by atoms with Crippen LogP contribution in [0.15, 0.2) is 54.6 Å². The Morgan fingerprint density at radius 1 is 1.03 bits per heavy atom. The molecule has 3 rings (SSSR count). The Morgan fingerprint density at radius 2 is 1.67 bits per heavy atom. The molecule has 158 valence electrons. The van der Waals surface area contributed by atoms with E-state index < -0.39 is 30.1 Å². The number of halogens is 3. The zero-order chi connectivity index (χ0) is 21.9. The summed E-state index contributed by atoms with van der Waals surface area (Å²) in [5.74, 6) is -4.45. The lowest BCUT2D eigenvalue weighted by molar-refractivity contribution is -0.207. The van der Waals surface area contributed by atoms with Crippen LogP contribution in [0.4, 0.5) is 13.2 Å². The normalized spacial score (nSPS) is 13.6. The Bertz CT molecular complexity index is 1040. The second-order valence-corrected chi connectivity index (χ2v) is 6.67. The number of H-pyrrole nitrogens is 1. The lowest BCUT2D eigenvalue weighted by Crippen LogP contribution is -2.32. The smallest absolute Gasteiger partial charge is 0.465 e. The minimum absolute atomic E-state index is 0.0193. The van der Waals surface area contributed by atoms with Gasteiger partial charge in [-0.15, -0.1) is 0 Å². The molecule has 3 aromatic rings. The Balaban J connectivity index is 2.20. The molecular formula is C22H20F3NO4. The topological polar surface area (TPSA) is 68.4 Å². The predicted molar refractivity (Wildman–Crippen MR) is 104 cm³/mol. The second kappa shape index (κ2) is 8.61. The standard InChI is InChI=1S/C22H20F3NO4/c1-3-29-20(27)18(17-13(2)26-16-12-8-7-11-15(16)17)19(14-9-5-4-6-10-14)30-21(28)22(23,24)25/h4-12,18-19,26H,3H2,1-2H3/t18-,19-/m1/s1. The summed E-state index contributed by atoms with van der Waals surface area (Å²) >= 11 is 0. The lowest BCUT2D eigenvalue weighted by Gasteiger charge is -2.27. The van der Waals surface area contributed by atoms with Crippen molar-refractivity contribution in [2.45, 2.75) is 32.0 Å². The third-order valence-corrected chi connectivity index (χ3v) is 4.69. The number of nitrogens with one attached hydrogen (secondary N) is 1. The number of aromatic nitrogens is 1. The molecule has 8 heteroatoms. The zero-order valence-corrected chi connectivity index (χ0v) is 16.3. The van der Waals surface area contributed by atoms with Crippen LogP contribution in [0, 0.1) is 6.92 Å². The van der Waals surface area contributed by atoms with Crippen LogP contribution in [0.25, 0.3) is 10.9 Å². The highest BCUT2D eigenvalue weighted by molar-refractivity contribution is 5.92. The quantitative estimate of drug-likeness (QED) is 0.573. The molecule has 2 aromatic carbocycles. The van der Waals surface area contributed by atoms with Gasteiger partial charge >= 0.3 is 18.1 Å². The van der Waals surface area contributed by atoms with Crippen molar-refractivity contribution in [3.63, 3.8) is 0 Å². The Kier molecular flexibility index (Phi) is 6.14. The number of carbonyl (C=O) groups excluding carboxylic acids is 2. The molecule has 0 radical (unpaired) electrons. The first-order valence-electron chi connectivity index (χ1n) is 9.30. The van der Waals surface area contributed by atoms with Crippen molar-refractivity contribution in [1.82, 2.24) is 4.98 Å². The fraction of sp³-hybridized carbons (Fsp3) is 0.273. The SMILES string of the molecule is CCOC(=O)[C@H](c1c(C)[nH]c2ccccc12)[C@H](OC(=O)C(F)(F)F)c1ccccc1. The molecule has 5 nitrogen and oxygen atoms in total. The van der Waals surface area contributed by atoms with Gasteiger partial charge in [-0.05, 0) is 31.0 Å². The van der Waals surface area contributed by atoms with E-state index in [4.69, 9.17) is 9.47 Å². The average molecular weight is 419 g/mol. The minimum Gasteiger partial charge on any atom is -0.465 e. The van der Waals surface area contributed by atoms with Gasteiger partial charge in [-0.1, -0.05) is 48.5 Å². The van der Waals surface area contributed by atoms with Crippen molar-refractivity contribution in [1.29, 1.82) is 0 Å². The number of alkyl halides is 3. The lowest BCUT2D eigenvalue weighted by atomic mass is 9.87. The molecule has 0 aliphatic heterocycles. The first-order chi connectivity index (χ1) is 14.2. The van der Waals surface area contributed by atoms with Crippen LogP contribution in [0.1, 0.15) is 35.8 Å². The van der Waals surface area contributed by atoms with Crippen LogP contribution in [0.3, 0.4) is 0 Å². The number of para-hydroxylation sites is 1. The maximum Gasteiger partial charge on any atom is 0.490 e. The molecular weight excluding hydrogens is 399 g/mol. The maximum absolute atomic E-state index is 13.0. The van der Waals surface area contributed by atoms with Gasteiger partial charge in [0.25, 0.3) is 0 Å². The third-order valence-electron chi connectivity index (χ3n) is 4.69. The van der Waals surface area contributed by atoms with Crippen LogP contribution >= 0.6 is 0 Å². The highest BCUT2D eigenvalue weighted by Crippen LogP contribution is 2.41. The molecule has 0 saturated heterocycles. The van der Waals surface area contributed by atoms with Crippen molar-refractivity contribution >= 4 is 22.8 Å². The zero-order valence-electron chi connectivity index (χ0n) is 16.3. The van der Waals surface area contributed by atoms with Gasteiger partial charge in [-0.2, -0.15) is 13.2 Å². The predicted octanol–water partition coefficient (Wildman–Crippen LogP) is 4.97. The summed E-state index contributed by atoms with van der Waals surface area (Å²) in [5.41, 5.74) is 1.94. The summed E-state index contributed by atoms with van der Waals surface area (Å²) in [6.07, 6.45) is -6.74. The Labute approximate surface area is 170 Å². The van der Waals surface area contributed by atoms with E-state index >= 15 is 0 Å². The van der Waals surface area contributed by atoms with Gasteiger partial charge in [0.15, 0.2) is 0 Å². The van der Waals surface area contributed by atoms with E-state index in [0.29, 0.717) is 22.2 Å². The summed E-state index contributed by atoms with van der Waals surface area (Å²) in [6.45, 7) is 3.32. The molecule has 0 bridgehead atoms. The van der Waals surface area contributed by atoms with Crippen molar-refractivity contribution in [2.24, 2.45) is 0 Å². The van der Waals surface area contributed by atoms with E-state index in [1.54, 1.807) is 56.3 Å². The molecule has 1 aromatic heterocycles. The maximum atomic E-state index is 13.0. The van der Waals surface area contributed by atoms with E-state index in [1.165, 1.54) is 12.1 Å². The molecule has 30 heavy (non-hydrogen) atoms. The van der Waals surface area contributed by atoms with E-state index in [2.05, 4.69) is 4.98 Å². The van der Waals surface area contributed by atoms with E-state index in [0.717, 1.165) is 0 Å². The summed E-state index contributed by atoms with van der Waals surface area (Å²) in [5, 5.41) is 0.636. The highest BCUT2D eigenvalue weighted by Gasteiger charge is 2.46. The van der Waals surface area contributed by atoms with Crippen molar-refractivity contribution in [2.75, 3.05) is 6.61 Å². The van der Waals surface area contributed by atoms with Gasteiger partial charge in [0.2, 0.25) is 0 Å². The van der Waals surface area contributed by atoms with Crippen LogP contribution in [0.2, 0.25) is 0 Å². The van der Waals surface area contributed by atoms with Crippen molar-refractivity contribution < 1.29 is 32.2 Å². The van der Waals surface area contributed by atoms with Gasteiger partial charge < -0.3 is 14.5 Å². The fourth-order valence-electron chi connectivity index (χ4n) is 3.48. The molecule has 0 spiro atoms. The van der Waals surface area contributed by atoms with E-state index in [9.17, 15) is 22.8 Å². The Morgan fingerprint density at radius 3 is 2.30 bits per heavy atom. The number of carbonyl (C=O) groups is 2. The van der Waals surface area contributed by atoms with Crippen LogP contribution in [-0.2, 0) is 19.1 Å². The molecule has 2 atom stereocenters. The third kappa shape index (κ3) is 4.32. The summed E-state index contributed by atoms with van der Waals surface area (Å²) in [4.78, 5) is 27.8. The van der Waals surface area contributed by atoms with E-state index in [-0.39, 0.29) is 12.2 Å². The number of fused-ring (bicyclic) bond motifs is 1. The molecule has 1 N–H and O–H groups in total. The number of aryl methyl sites for hydroxylation is 1. The fourth-order valence-corrected chi connectivity index (χ4v) is 3.48. The highest BCUT2D eigenvalue weighted by atomic mass is 19.4. The molecule has 0 aliphatic rings. The number of ether oxygens (including phenoxy) is 2. The number of hydrogen-bond donors (Lipinski definition) is 1. The van der Waals surface area contributed by atoms with Gasteiger partial charge in [0.05, 0.1) is 6.61 Å². The number of rotatable bonds is 6. The van der Waals surface area contributed by atoms with Crippen molar-refractivity contribution in [3.05, 3.63) is 71.4 Å². The van der Waals surface area contributed by atoms with Crippen LogP contribution in [0.5, 0.6) is 0 Å². The summed E-state index contributed by atoms with van der Waals surface area (Å²) in [7, 11) is 0. The Hall–Kier alpha value is -3.29. The van der Waals surface area contributed by atoms with Gasteiger partial charge in [-0.25, -0.2) is 4.79 Å². The first kappa shape index (κ1) is 21.4. The largest absolute Gasteiger partial charge is 0.490 e. The monoisotopic (exact) mass is 419 g/mol. The van der Waals surface area contributed by atoms with Gasteiger partial charge in [-0.3, -0.25) is 4.79 Å². The number of aromatic amines is 1. The van der Waals surface area contributed by atoms with Gasteiger partial charge in [0, 0.05) is 16.6 Å². The summed E-state index contributed by atoms with van der Waals surface area (Å²) < 4.78 is 49.1. The van der Waals surface area contributed by atoms with Crippen LogP contribution < -0.4 is 0 Å². The molecule has 0 unspecified atom stereocenters. The molecule has 0 saturated carbocycles. The number of benzene rings is 2. The average Bonchev–Trinajstić information content (AvgIpc) is 3.03.